The molecule has 0 bridgehead atoms. The largest absolute Gasteiger partial charge is 0.481 e. The summed E-state index contributed by atoms with van der Waals surface area (Å²) in [4.78, 5) is 13.2. The number of rotatable bonds is 11. The van der Waals surface area contributed by atoms with Gasteiger partial charge in [0.15, 0.2) is 0 Å². The minimum atomic E-state index is -4.38. The molecule has 1 saturated heterocycles. The number of hydrogen-bond donors (Lipinski definition) is 2. The van der Waals surface area contributed by atoms with Gasteiger partial charge < -0.3 is 10.0 Å². The van der Waals surface area contributed by atoms with Crippen molar-refractivity contribution in [1.82, 2.24) is 4.31 Å². The third-order valence-electron chi connectivity index (χ3n) is 8.72. The molecule has 1 aromatic heterocycles. The number of hydrogen-bond acceptors (Lipinski definition) is 7. The van der Waals surface area contributed by atoms with Crippen molar-refractivity contribution < 1.29 is 35.9 Å². The van der Waals surface area contributed by atoms with Crippen molar-refractivity contribution in [3.63, 3.8) is 0 Å². The second kappa shape index (κ2) is 13.0. The Hall–Kier alpha value is -3.10. The number of allylic oxidation sites excluding steroid dienone is 3. The van der Waals surface area contributed by atoms with Crippen molar-refractivity contribution in [2.24, 2.45) is 7.05 Å². The predicted molar refractivity (Wildman–Crippen MR) is 175 cm³/mol. The molecule has 10 nitrogen and oxygen atoms in total. The summed E-state index contributed by atoms with van der Waals surface area (Å²) < 4.78 is 64.6. The van der Waals surface area contributed by atoms with E-state index in [1.165, 1.54) is 23.5 Å². The van der Waals surface area contributed by atoms with Gasteiger partial charge in [0.2, 0.25) is 15.5 Å². The number of thiazole rings is 1. The van der Waals surface area contributed by atoms with Crippen molar-refractivity contribution in [3.8, 4) is 0 Å². The Morgan fingerprint density at radius 3 is 2.40 bits per heavy atom. The van der Waals surface area contributed by atoms with Crippen LogP contribution in [-0.4, -0.2) is 56.4 Å². The summed E-state index contributed by atoms with van der Waals surface area (Å²) in [6.45, 7) is 5.74. The lowest BCUT2D eigenvalue weighted by Gasteiger charge is -2.27. The van der Waals surface area contributed by atoms with Gasteiger partial charge >= 0.3 is 5.97 Å². The van der Waals surface area contributed by atoms with Gasteiger partial charge in [-0.05, 0) is 67.7 Å². The number of carboxylic acid groups (broad SMARTS) is 1. The summed E-state index contributed by atoms with van der Waals surface area (Å²) in [5.74, 6) is -0.819. The van der Waals surface area contributed by atoms with Crippen LogP contribution in [0.4, 0.5) is 5.69 Å². The summed E-state index contributed by atoms with van der Waals surface area (Å²) in [5.41, 5.74) is 2.91. The average Bonchev–Trinajstić information content (AvgIpc) is 3.42. The fourth-order valence-corrected chi connectivity index (χ4v) is 9.44. The lowest BCUT2D eigenvalue weighted by molar-refractivity contribution is -0.642. The number of aryl methyl sites for hydroxylation is 1. The van der Waals surface area contributed by atoms with Crippen molar-refractivity contribution >= 4 is 59.4 Å². The van der Waals surface area contributed by atoms with E-state index < -0.39 is 31.5 Å². The molecule has 2 aliphatic rings. The molecule has 1 fully saturated rings. The van der Waals surface area contributed by atoms with E-state index in [9.17, 15) is 26.2 Å². The van der Waals surface area contributed by atoms with E-state index in [-0.39, 0.29) is 11.3 Å². The van der Waals surface area contributed by atoms with E-state index >= 15 is 0 Å². The topological polar surface area (TPSA) is 136 Å². The zero-order valence-electron chi connectivity index (χ0n) is 25.8. The maximum atomic E-state index is 13.3. The molecule has 0 atom stereocenters. The molecule has 0 aliphatic carbocycles. The molecule has 13 heteroatoms. The molecular weight excluding hydrogens is 635 g/mol. The molecule has 45 heavy (non-hydrogen) atoms. The number of carboxylic acids is 1. The standard InChI is InChI=1S/C32H39N3O7S3/c1-32(2)25-21-24(45(40,41)42)15-16-26(25)35(20-9-4-6-13-31(36)37)29(32)11-10-12-30-33(3)27-17-14-23(22-28(27)43-30)44(38,39)34-18-7-5-8-19-34/h10-12,14-17,21-22H,4-9,13,18-20H2,1-3H3,(H-,36,37,40,41,42)/p+1. The second-order valence-electron chi connectivity index (χ2n) is 12.1. The lowest BCUT2D eigenvalue weighted by atomic mass is 9.83. The number of fused-ring (bicyclic) bond motifs is 2. The maximum Gasteiger partial charge on any atom is 0.303 e. The molecule has 242 valence electrons. The molecule has 0 saturated carbocycles. The number of piperidine rings is 1. The first-order chi connectivity index (χ1) is 21.2. The number of nitrogens with zero attached hydrogens (tertiary/aromatic N) is 3. The van der Waals surface area contributed by atoms with Crippen LogP contribution in [0.25, 0.3) is 16.3 Å². The molecule has 3 heterocycles. The number of aliphatic carboxylic acids is 1. The second-order valence-corrected chi connectivity index (χ2v) is 16.6. The first-order valence-electron chi connectivity index (χ1n) is 15.1. The fourth-order valence-electron chi connectivity index (χ4n) is 6.21. The quantitative estimate of drug-likeness (QED) is 0.155. The minimum absolute atomic E-state index is 0.114. The van der Waals surface area contributed by atoms with Crippen molar-refractivity contribution in [2.45, 2.75) is 74.0 Å². The van der Waals surface area contributed by atoms with Gasteiger partial charge in [0.25, 0.3) is 15.1 Å². The molecule has 2 aliphatic heterocycles. The maximum absolute atomic E-state index is 13.3. The Kier molecular flexibility index (Phi) is 9.58. The van der Waals surface area contributed by atoms with Crippen molar-refractivity contribution in [3.05, 3.63) is 64.8 Å². The highest BCUT2D eigenvalue weighted by molar-refractivity contribution is 7.89. The molecule has 5 rings (SSSR count). The summed E-state index contributed by atoms with van der Waals surface area (Å²) in [6, 6.07) is 9.93. The lowest BCUT2D eigenvalue weighted by Crippen LogP contribution is -2.35. The molecule has 0 spiro atoms. The molecule has 0 amide bonds. The van der Waals surface area contributed by atoms with Crippen LogP contribution in [0.5, 0.6) is 0 Å². The molecule has 2 aromatic carbocycles. The van der Waals surface area contributed by atoms with Gasteiger partial charge in [-0.1, -0.05) is 44.1 Å². The van der Waals surface area contributed by atoms with E-state index in [1.54, 1.807) is 22.5 Å². The number of sulfonamides is 1. The Bertz CT molecular complexity index is 1890. The van der Waals surface area contributed by atoms with Crippen LogP contribution in [0.2, 0.25) is 0 Å². The van der Waals surface area contributed by atoms with Gasteiger partial charge in [-0.3, -0.25) is 9.35 Å². The minimum Gasteiger partial charge on any atom is -0.481 e. The number of unbranched alkanes of at least 4 members (excludes halogenated alkanes) is 2. The van der Waals surface area contributed by atoms with Crippen LogP contribution in [-0.2, 0) is 37.4 Å². The number of anilines is 1. The van der Waals surface area contributed by atoms with Crippen LogP contribution < -0.4 is 9.47 Å². The van der Waals surface area contributed by atoms with Crippen LogP contribution in [0.1, 0.15) is 69.4 Å². The summed E-state index contributed by atoms with van der Waals surface area (Å²) >= 11 is 1.51. The predicted octanol–water partition coefficient (Wildman–Crippen LogP) is 5.49. The highest BCUT2D eigenvalue weighted by atomic mass is 32.2. The average molecular weight is 675 g/mol. The SMILES string of the molecule is C[n+]1c(/C=C/C=C2/N(CCCCCC(=O)O)c3ccc(S(=O)(=O)O)cc3C2(C)C)sc2cc(S(=O)(=O)N3CCCCC3)ccc21. The van der Waals surface area contributed by atoms with Crippen molar-refractivity contribution in [2.75, 3.05) is 24.5 Å². The third kappa shape index (κ3) is 6.87. The highest BCUT2D eigenvalue weighted by Crippen LogP contribution is 2.48. The molecule has 0 radical (unpaired) electrons. The van der Waals surface area contributed by atoms with Crippen LogP contribution >= 0.6 is 11.3 Å². The monoisotopic (exact) mass is 674 g/mol. The zero-order chi connectivity index (χ0) is 32.6. The normalized spacial score (nSPS) is 18.3. The van der Waals surface area contributed by atoms with Gasteiger partial charge in [-0.2, -0.15) is 17.3 Å². The summed E-state index contributed by atoms with van der Waals surface area (Å²) in [6.07, 6.45) is 10.9. The van der Waals surface area contributed by atoms with Crippen LogP contribution in [0.3, 0.4) is 0 Å². The van der Waals surface area contributed by atoms with Crippen LogP contribution in [0, 0.1) is 0 Å². The first-order valence-corrected chi connectivity index (χ1v) is 18.8. The van der Waals surface area contributed by atoms with E-state index in [1.807, 2.05) is 49.8 Å². The molecule has 0 unspecified atom stereocenters. The van der Waals surface area contributed by atoms with Gasteiger partial charge in [-0.25, -0.2) is 8.42 Å². The van der Waals surface area contributed by atoms with E-state index in [2.05, 4.69) is 4.90 Å². The Morgan fingerprint density at radius 1 is 1.00 bits per heavy atom. The summed E-state index contributed by atoms with van der Waals surface area (Å²) in [5, 5.41) is 9.92. The Balaban J connectivity index is 1.45. The molecule has 2 N–H and O–H groups in total. The van der Waals surface area contributed by atoms with Gasteiger partial charge in [0.1, 0.15) is 11.7 Å². The van der Waals surface area contributed by atoms with E-state index in [0.717, 1.165) is 64.3 Å². The summed E-state index contributed by atoms with van der Waals surface area (Å²) in [7, 11) is -5.98. The van der Waals surface area contributed by atoms with Gasteiger partial charge in [-0.15, -0.1) is 0 Å². The molecule has 3 aromatic rings. The fraction of sp³-hybridized carbons (Fsp3) is 0.438. The van der Waals surface area contributed by atoms with E-state index in [0.29, 0.717) is 31.0 Å². The van der Waals surface area contributed by atoms with Gasteiger partial charge in [0, 0.05) is 55.0 Å². The number of benzene rings is 2. The number of carbonyl (C=O) groups is 1. The zero-order valence-corrected chi connectivity index (χ0v) is 28.2. The smallest absolute Gasteiger partial charge is 0.303 e. The van der Waals surface area contributed by atoms with Crippen LogP contribution in [0.15, 0.2) is 64.0 Å². The Morgan fingerprint density at radius 2 is 1.71 bits per heavy atom. The van der Waals surface area contributed by atoms with Gasteiger partial charge in [0.05, 0.1) is 9.79 Å². The highest BCUT2D eigenvalue weighted by Gasteiger charge is 2.40. The molecular formula is C32H40N3O7S3+. The Labute approximate surface area is 269 Å². The van der Waals surface area contributed by atoms with Crippen molar-refractivity contribution in [1.29, 1.82) is 0 Å². The third-order valence-corrected chi connectivity index (χ3v) is 12.6. The number of aromatic nitrogens is 1. The first kappa shape index (κ1) is 33.3. The van der Waals surface area contributed by atoms with E-state index in [4.69, 9.17) is 5.11 Å².